The van der Waals surface area contributed by atoms with Crippen LogP contribution >= 0.6 is 0 Å². The Bertz CT molecular complexity index is 778. The summed E-state index contributed by atoms with van der Waals surface area (Å²) in [5, 5.41) is 9.86. The number of anilines is 1. The first-order chi connectivity index (χ1) is 12.4. The minimum Gasteiger partial charge on any atom is -0.493 e. The molecule has 138 valence electrons. The van der Waals surface area contributed by atoms with Gasteiger partial charge in [0.1, 0.15) is 0 Å². The summed E-state index contributed by atoms with van der Waals surface area (Å²) in [4.78, 5) is 18.6. The highest BCUT2D eigenvalue weighted by Crippen LogP contribution is 2.35. The molecule has 1 saturated heterocycles. The topological polar surface area (TPSA) is 71.9 Å². The van der Waals surface area contributed by atoms with Gasteiger partial charge >= 0.3 is 5.97 Å². The van der Waals surface area contributed by atoms with Gasteiger partial charge in [0.05, 0.1) is 7.11 Å². The largest absolute Gasteiger partial charge is 0.493 e. The average Bonchev–Trinajstić information content (AvgIpc) is 2.62. The number of aromatic nitrogens is 1. The Kier molecular flexibility index (Phi) is 5.02. The molecular weight excluding hydrogens is 332 g/mol. The molecule has 6 nitrogen and oxygen atoms in total. The van der Waals surface area contributed by atoms with Gasteiger partial charge in [-0.3, -0.25) is 4.98 Å². The first kappa shape index (κ1) is 18.0. The van der Waals surface area contributed by atoms with E-state index in [1.807, 2.05) is 38.1 Å². The molecule has 0 saturated carbocycles. The molecule has 3 rings (SSSR count). The fraction of sp³-hybridized carbons (Fsp3) is 0.400. The van der Waals surface area contributed by atoms with Crippen LogP contribution in [0.25, 0.3) is 0 Å². The predicted molar refractivity (Wildman–Crippen MR) is 99.1 cm³/mol. The van der Waals surface area contributed by atoms with Crippen LogP contribution in [0.15, 0.2) is 36.4 Å². The molecule has 6 heteroatoms. The van der Waals surface area contributed by atoms with Crippen molar-refractivity contribution >= 4 is 11.7 Å². The Morgan fingerprint density at radius 1 is 1.12 bits per heavy atom. The minimum absolute atomic E-state index is 0.390. The molecular formula is C20H24N2O4. The predicted octanol–water partition coefficient (Wildman–Crippen LogP) is 3.21. The number of pyridine rings is 1. The maximum atomic E-state index is 12.0. The second-order valence-electron chi connectivity index (χ2n) is 6.65. The molecule has 26 heavy (non-hydrogen) atoms. The highest BCUT2D eigenvalue weighted by molar-refractivity contribution is 5.78. The zero-order valence-corrected chi connectivity index (χ0v) is 15.4. The van der Waals surface area contributed by atoms with Crippen molar-refractivity contribution in [2.75, 3.05) is 25.1 Å². The summed E-state index contributed by atoms with van der Waals surface area (Å²) in [7, 11) is 1.55. The molecule has 2 aromatic rings. The van der Waals surface area contributed by atoms with E-state index in [2.05, 4.69) is 9.88 Å². The number of hydrogen-bond acceptors (Lipinski definition) is 5. The Morgan fingerprint density at radius 2 is 1.69 bits per heavy atom. The van der Waals surface area contributed by atoms with Crippen LogP contribution in [-0.2, 0) is 4.79 Å². The minimum atomic E-state index is -1.25. The molecule has 1 aromatic heterocycles. The van der Waals surface area contributed by atoms with E-state index < -0.39 is 11.6 Å². The molecule has 2 heterocycles. The highest BCUT2D eigenvalue weighted by atomic mass is 16.5. The summed E-state index contributed by atoms with van der Waals surface area (Å²) in [5.41, 5.74) is 1.74. The lowest BCUT2D eigenvalue weighted by Crippen LogP contribution is -2.53. The second-order valence-corrected chi connectivity index (χ2v) is 6.65. The Labute approximate surface area is 153 Å². The first-order valence-corrected chi connectivity index (χ1v) is 8.69. The first-order valence-electron chi connectivity index (χ1n) is 8.69. The molecule has 1 fully saturated rings. The van der Waals surface area contributed by atoms with E-state index >= 15 is 0 Å². The van der Waals surface area contributed by atoms with Crippen molar-refractivity contribution in [1.29, 1.82) is 0 Å². The van der Waals surface area contributed by atoms with Gasteiger partial charge < -0.3 is 19.5 Å². The number of methoxy groups -OCH3 is 1. The fourth-order valence-electron chi connectivity index (χ4n) is 3.39. The molecule has 0 bridgehead atoms. The number of nitrogens with zero attached hydrogens (tertiary/aromatic N) is 2. The molecule has 0 unspecified atom stereocenters. The molecule has 0 aliphatic carbocycles. The molecule has 0 atom stereocenters. The van der Waals surface area contributed by atoms with Crippen molar-refractivity contribution in [2.45, 2.75) is 32.3 Å². The van der Waals surface area contributed by atoms with Gasteiger partial charge in [0.2, 0.25) is 5.60 Å². The molecule has 1 aliphatic rings. The van der Waals surface area contributed by atoms with E-state index in [4.69, 9.17) is 9.47 Å². The normalized spacial score (nSPS) is 16.2. The number of piperidine rings is 1. The Morgan fingerprint density at radius 3 is 2.23 bits per heavy atom. The van der Waals surface area contributed by atoms with E-state index in [9.17, 15) is 9.90 Å². The lowest BCUT2D eigenvalue weighted by Gasteiger charge is -2.40. The van der Waals surface area contributed by atoms with Crippen LogP contribution in [0.3, 0.4) is 0 Å². The number of aliphatic carboxylic acids is 1. The van der Waals surface area contributed by atoms with Crippen LogP contribution in [0, 0.1) is 13.8 Å². The summed E-state index contributed by atoms with van der Waals surface area (Å²) in [6, 6.07) is 11.2. The molecule has 1 aliphatic heterocycles. The third-order valence-corrected chi connectivity index (χ3v) is 4.77. The number of carboxylic acids is 1. The average molecular weight is 356 g/mol. The van der Waals surface area contributed by atoms with E-state index in [1.165, 1.54) is 0 Å². The van der Waals surface area contributed by atoms with Gasteiger partial charge in [-0.25, -0.2) is 4.79 Å². The fourth-order valence-corrected chi connectivity index (χ4v) is 3.39. The number of aryl methyl sites for hydroxylation is 2. The SMILES string of the molecule is COc1ccccc1OC1(C(=O)O)CCN(c2cc(C)nc(C)c2)CC1. The quantitative estimate of drug-likeness (QED) is 0.887. The van der Waals surface area contributed by atoms with Gasteiger partial charge in [-0.15, -0.1) is 0 Å². The maximum Gasteiger partial charge on any atom is 0.348 e. The molecule has 0 amide bonds. The van der Waals surface area contributed by atoms with Crippen LogP contribution in [0.1, 0.15) is 24.2 Å². The van der Waals surface area contributed by atoms with E-state index in [0.29, 0.717) is 37.4 Å². The van der Waals surface area contributed by atoms with Crippen molar-refractivity contribution in [3.05, 3.63) is 47.8 Å². The smallest absolute Gasteiger partial charge is 0.348 e. The highest BCUT2D eigenvalue weighted by Gasteiger charge is 2.44. The van der Waals surface area contributed by atoms with Gasteiger partial charge in [-0.1, -0.05) is 12.1 Å². The summed E-state index contributed by atoms with van der Waals surface area (Å²) in [6.45, 7) is 5.13. The zero-order chi connectivity index (χ0) is 18.7. The number of ether oxygens (including phenoxy) is 2. The zero-order valence-electron chi connectivity index (χ0n) is 15.4. The van der Waals surface area contributed by atoms with Gasteiger partial charge in [0.15, 0.2) is 11.5 Å². The third-order valence-electron chi connectivity index (χ3n) is 4.77. The number of rotatable bonds is 5. The number of hydrogen-bond donors (Lipinski definition) is 1. The van der Waals surface area contributed by atoms with Crippen molar-refractivity contribution < 1.29 is 19.4 Å². The number of carboxylic acid groups (broad SMARTS) is 1. The molecule has 0 radical (unpaired) electrons. The Hall–Kier alpha value is -2.76. The number of para-hydroxylation sites is 2. The molecule has 1 N–H and O–H groups in total. The number of benzene rings is 1. The lowest BCUT2D eigenvalue weighted by atomic mass is 9.90. The summed E-state index contributed by atoms with van der Waals surface area (Å²) < 4.78 is 11.3. The van der Waals surface area contributed by atoms with Crippen LogP contribution in [-0.4, -0.2) is 41.9 Å². The van der Waals surface area contributed by atoms with Crippen molar-refractivity contribution in [3.63, 3.8) is 0 Å². The number of carbonyl (C=O) groups is 1. The van der Waals surface area contributed by atoms with E-state index in [1.54, 1.807) is 19.2 Å². The second kappa shape index (κ2) is 7.23. The van der Waals surface area contributed by atoms with E-state index in [-0.39, 0.29) is 0 Å². The van der Waals surface area contributed by atoms with Crippen LogP contribution in [0.2, 0.25) is 0 Å². The van der Waals surface area contributed by atoms with Crippen LogP contribution < -0.4 is 14.4 Å². The van der Waals surface area contributed by atoms with Crippen LogP contribution in [0.5, 0.6) is 11.5 Å². The van der Waals surface area contributed by atoms with Gasteiger partial charge in [-0.05, 0) is 38.1 Å². The lowest BCUT2D eigenvalue weighted by molar-refractivity contribution is -0.157. The summed E-state index contributed by atoms with van der Waals surface area (Å²) in [5.74, 6) is 0.0579. The monoisotopic (exact) mass is 356 g/mol. The van der Waals surface area contributed by atoms with Crippen LogP contribution in [0.4, 0.5) is 5.69 Å². The van der Waals surface area contributed by atoms with Gasteiger partial charge in [-0.2, -0.15) is 0 Å². The van der Waals surface area contributed by atoms with Crippen molar-refractivity contribution in [1.82, 2.24) is 4.98 Å². The van der Waals surface area contributed by atoms with Gasteiger partial charge in [0.25, 0.3) is 0 Å². The standard InChI is InChI=1S/C20H24N2O4/c1-14-12-16(13-15(2)21-14)22-10-8-20(9-11-22,19(23)24)26-18-7-5-4-6-17(18)25-3/h4-7,12-13H,8-11H2,1-3H3,(H,23,24). The summed E-state index contributed by atoms with van der Waals surface area (Å²) >= 11 is 0. The molecule has 1 aromatic carbocycles. The third kappa shape index (κ3) is 3.59. The van der Waals surface area contributed by atoms with Crippen molar-refractivity contribution in [2.24, 2.45) is 0 Å². The van der Waals surface area contributed by atoms with Crippen molar-refractivity contribution in [3.8, 4) is 11.5 Å². The van der Waals surface area contributed by atoms with Gasteiger partial charge in [0, 0.05) is 43.0 Å². The summed E-state index contributed by atoms with van der Waals surface area (Å²) in [6.07, 6.45) is 0.779. The molecule has 0 spiro atoms. The maximum absolute atomic E-state index is 12.0. The van der Waals surface area contributed by atoms with E-state index in [0.717, 1.165) is 17.1 Å². The Balaban J connectivity index is 1.80.